The van der Waals surface area contributed by atoms with E-state index < -0.39 is 0 Å². The zero-order valence-electron chi connectivity index (χ0n) is 10.3. The van der Waals surface area contributed by atoms with Gasteiger partial charge in [0, 0.05) is 23.5 Å². The van der Waals surface area contributed by atoms with Gasteiger partial charge in [0.05, 0.1) is 5.01 Å². The SMILES string of the molecule is CCNCc1cnc(C2CCC(C)CC2)s1. The van der Waals surface area contributed by atoms with Gasteiger partial charge < -0.3 is 5.32 Å². The molecule has 1 aliphatic rings. The monoisotopic (exact) mass is 238 g/mol. The van der Waals surface area contributed by atoms with Gasteiger partial charge in [0.1, 0.15) is 0 Å². The Morgan fingerprint density at radius 3 is 2.81 bits per heavy atom. The van der Waals surface area contributed by atoms with Crippen molar-refractivity contribution in [3.05, 3.63) is 16.1 Å². The van der Waals surface area contributed by atoms with Gasteiger partial charge in [0.15, 0.2) is 0 Å². The van der Waals surface area contributed by atoms with Crippen LogP contribution in [0.15, 0.2) is 6.20 Å². The first kappa shape index (κ1) is 12.1. The molecule has 0 radical (unpaired) electrons. The summed E-state index contributed by atoms with van der Waals surface area (Å²) < 4.78 is 0. The Balaban J connectivity index is 1.91. The summed E-state index contributed by atoms with van der Waals surface area (Å²) in [5.74, 6) is 1.68. The third-order valence-electron chi connectivity index (χ3n) is 3.49. The van der Waals surface area contributed by atoms with E-state index in [0.29, 0.717) is 0 Å². The van der Waals surface area contributed by atoms with Crippen LogP contribution >= 0.6 is 11.3 Å². The molecule has 0 amide bonds. The summed E-state index contributed by atoms with van der Waals surface area (Å²) in [6, 6.07) is 0. The van der Waals surface area contributed by atoms with Gasteiger partial charge in [-0.25, -0.2) is 4.98 Å². The molecule has 1 aromatic rings. The van der Waals surface area contributed by atoms with Crippen molar-refractivity contribution in [1.29, 1.82) is 0 Å². The van der Waals surface area contributed by atoms with Crippen molar-refractivity contribution in [3.63, 3.8) is 0 Å². The van der Waals surface area contributed by atoms with Gasteiger partial charge in [0.2, 0.25) is 0 Å². The Bertz CT molecular complexity index is 313. The first-order valence-corrected chi connectivity index (χ1v) is 7.26. The highest BCUT2D eigenvalue weighted by Gasteiger charge is 2.21. The van der Waals surface area contributed by atoms with Gasteiger partial charge >= 0.3 is 0 Å². The van der Waals surface area contributed by atoms with E-state index in [1.54, 1.807) is 0 Å². The number of hydrogen-bond acceptors (Lipinski definition) is 3. The molecule has 0 aromatic carbocycles. The maximum atomic E-state index is 4.60. The lowest BCUT2D eigenvalue weighted by Gasteiger charge is -2.24. The summed E-state index contributed by atoms with van der Waals surface area (Å²) in [5.41, 5.74) is 0. The zero-order chi connectivity index (χ0) is 11.4. The van der Waals surface area contributed by atoms with Crippen LogP contribution in [-0.2, 0) is 6.54 Å². The number of nitrogens with zero attached hydrogens (tertiary/aromatic N) is 1. The molecule has 1 fully saturated rings. The minimum absolute atomic E-state index is 0.747. The molecule has 0 unspecified atom stereocenters. The number of thiazole rings is 1. The average molecular weight is 238 g/mol. The van der Waals surface area contributed by atoms with Crippen LogP contribution in [0.5, 0.6) is 0 Å². The molecule has 0 bridgehead atoms. The molecule has 1 aromatic heterocycles. The molecule has 2 rings (SSSR count). The lowest BCUT2D eigenvalue weighted by Crippen LogP contribution is -2.10. The fraction of sp³-hybridized carbons (Fsp3) is 0.769. The Hall–Kier alpha value is -0.410. The zero-order valence-corrected chi connectivity index (χ0v) is 11.1. The lowest BCUT2D eigenvalue weighted by molar-refractivity contribution is 0.347. The van der Waals surface area contributed by atoms with Crippen molar-refractivity contribution < 1.29 is 0 Å². The van der Waals surface area contributed by atoms with Crippen molar-refractivity contribution in [3.8, 4) is 0 Å². The quantitative estimate of drug-likeness (QED) is 0.867. The van der Waals surface area contributed by atoms with E-state index in [2.05, 4.69) is 30.3 Å². The third kappa shape index (κ3) is 3.05. The summed E-state index contributed by atoms with van der Waals surface area (Å²) in [6.07, 6.45) is 7.50. The molecule has 1 N–H and O–H groups in total. The standard InChI is InChI=1S/C13H22N2S/c1-3-14-8-12-9-15-13(16-12)11-6-4-10(2)5-7-11/h9-11,14H,3-8H2,1-2H3. The molecule has 2 nitrogen and oxygen atoms in total. The number of hydrogen-bond donors (Lipinski definition) is 1. The van der Waals surface area contributed by atoms with Crippen molar-refractivity contribution in [2.75, 3.05) is 6.54 Å². The highest BCUT2D eigenvalue weighted by atomic mass is 32.1. The minimum Gasteiger partial charge on any atom is -0.312 e. The molecular weight excluding hydrogens is 216 g/mol. The van der Waals surface area contributed by atoms with Crippen LogP contribution < -0.4 is 5.32 Å². The van der Waals surface area contributed by atoms with E-state index >= 15 is 0 Å². The molecular formula is C13H22N2S. The molecule has 0 atom stereocenters. The Kier molecular flexibility index (Phi) is 4.36. The normalized spacial score (nSPS) is 25.9. The van der Waals surface area contributed by atoms with Crippen molar-refractivity contribution in [2.45, 2.75) is 52.0 Å². The first-order valence-electron chi connectivity index (χ1n) is 6.45. The Morgan fingerprint density at radius 2 is 2.12 bits per heavy atom. The molecule has 0 spiro atoms. The van der Waals surface area contributed by atoms with E-state index in [4.69, 9.17) is 0 Å². The van der Waals surface area contributed by atoms with Crippen LogP contribution in [0, 0.1) is 5.92 Å². The van der Waals surface area contributed by atoms with Gasteiger partial charge in [-0.1, -0.05) is 26.7 Å². The van der Waals surface area contributed by atoms with Gasteiger partial charge in [0.25, 0.3) is 0 Å². The van der Waals surface area contributed by atoms with E-state index in [1.165, 1.54) is 35.6 Å². The molecule has 3 heteroatoms. The summed E-state index contributed by atoms with van der Waals surface area (Å²) in [7, 11) is 0. The van der Waals surface area contributed by atoms with Crippen molar-refractivity contribution >= 4 is 11.3 Å². The molecule has 0 saturated heterocycles. The van der Waals surface area contributed by atoms with E-state index in [-0.39, 0.29) is 0 Å². The molecule has 1 aliphatic carbocycles. The van der Waals surface area contributed by atoms with Gasteiger partial charge in [-0.15, -0.1) is 11.3 Å². The fourth-order valence-electron chi connectivity index (χ4n) is 2.35. The molecule has 1 heterocycles. The van der Waals surface area contributed by atoms with Crippen LogP contribution in [0.1, 0.15) is 55.3 Å². The Morgan fingerprint density at radius 1 is 1.38 bits per heavy atom. The lowest BCUT2D eigenvalue weighted by atomic mass is 9.83. The van der Waals surface area contributed by atoms with Crippen molar-refractivity contribution in [1.82, 2.24) is 10.3 Å². The van der Waals surface area contributed by atoms with Crippen LogP contribution in [0.25, 0.3) is 0 Å². The second-order valence-electron chi connectivity index (χ2n) is 4.90. The topological polar surface area (TPSA) is 24.9 Å². The third-order valence-corrected chi connectivity index (χ3v) is 4.65. The number of aromatic nitrogens is 1. The highest BCUT2D eigenvalue weighted by molar-refractivity contribution is 7.11. The second kappa shape index (κ2) is 5.78. The fourth-order valence-corrected chi connectivity index (χ4v) is 3.40. The predicted octanol–water partition coefficient (Wildman–Crippen LogP) is 3.55. The van der Waals surface area contributed by atoms with Gasteiger partial charge in [-0.05, 0) is 25.3 Å². The minimum atomic E-state index is 0.747. The highest BCUT2D eigenvalue weighted by Crippen LogP contribution is 2.37. The largest absolute Gasteiger partial charge is 0.312 e. The second-order valence-corrected chi connectivity index (χ2v) is 6.05. The molecule has 1 saturated carbocycles. The summed E-state index contributed by atoms with van der Waals surface area (Å²) in [4.78, 5) is 5.98. The Labute approximate surface area is 102 Å². The summed E-state index contributed by atoms with van der Waals surface area (Å²) >= 11 is 1.91. The van der Waals surface area contributed by atoms with Crippen LogP contribution in [0.2, 0.25) is 0 Å². The smallest absolute Gasteiger partial charge is 0.0959 e. The van der Waals surface area contributed by atoms with E-state index in [0.717, 1.165) is 24.9 Å². The molecule has 0 aliphatic heterocycles. The summed E-state index contributed by atoms with van der Waals surface area (Å²) in [5, 5.41) is 4.73. The summed E-state index contributed by atoms with van der Waals surface area (Å²) in [6.45, 7) is 6.53. The maximum absolute atomic E-state index is 4.60. The maximum Gasteiger partial charge on any atom is 0.0959 e. The average Bonchev–Trinajstić information content (AvgIpc) is 2.76. The van der Waals surface area contributed by atoms with Gasteiger partial charge in [-0.3, -0.25) is 0 Å². The van der Waals surface area contributed by atoms with E-state index in [9.17, 15) is 0 Å². The van der Waals surface area contributed by atoms with E-state index in [1.807, 2.05) is 11.3 Å². The van der Waals surface area contributed by atoms with Crippen LogP contribution in [0.4, 0.5) is 0 Å². The number of rotatable bonds is 4. The van der Waals surface area contributed by atoms with Gasteiger partial charge in [-0.2, -0.15) is 0 Å². The first-order chi connectivity index (χ1) is 7.79. The number of nitrogens with one attached hydrogen (secondary N) is 1. The predicted molar refractivity (Wildman–Crippen MR) is 69.9 cm³/mol. The van der Waals surface area contributed by atoms with Crippen LogP contribution in [0.3, 0.4) is 0 Å². The molecule has 16 heavy (non-hydrogen) atoms. The van der Waals surface area contributed by atoms with Crippen molar-refractivity contribution in [2.24, 2.45) is 5.92 Å². The molecule has 90 valence electrons. The van der Waals surface area contributed by atoms with Crippen LogP contribution in [-0.4, -0.2) is 11.5 Å².